The zero-order chi connectivity index (χ0) is 19.4. The fourth-order valence-corrected chi connectivity index (χ4v) is 5.60. The molecular weight excluding hydrogens is 366 g/mol. The molecule has 0 aliphatic carbocycles. The topological polar surface area (TPSA) is 73.7 Å². The maximum Gasteiger partial charge on any atom is 0.227 e. The van der Waals surface area contributed by atoms with Crippen LogP contribution in [0.25, 0.3) is 0 Å². The van der Waals surface area contributed by atoms with Gasteiger partial charge in [-0.3, -0.25) is 4.90 Å². The fourth-order valence-electron chi connectivity index (χ4n) is 3.95. The smallest absolute Gasteiger partial charge is 0.227 e. The second-order valence-corrected chi connectivity index (χ2v) is 10.1. The van der Waals surface area contributed by atoms with E-state index in [1.54, 1.807) is 13.3 Å². The Labute approximate surface area is 163 Å². The first-order valence-corrected chi connectivity index (χ1v) is 11.7. The summed E-state index contributed by atoms with van der Waals surface area (Å²) in [6.07, 6.45) is 5.65. The summed E-state index contributed by atoms with van der Waals surface area (Å²) in [7, 11) is -1.70. The minimum atomic E-state index is -3.46. The molecule has 2 aliphatic rings. The SMILES string of the molecule is COC1CCN(Cc2cnc(S(=O)(=O)CC3CCCO3)n2CC(C)C)CC1. The molecular formula is C19H33N3O4S. The summed E-state index contributed by atoms with van der Waals surface area (Å²) in [6, 6.07) is 0. The molecule has 0 saturated carbocycles. The molecule has 1 unspecified atom stereocenters. The molecule has 2 fully saturated rings. The van der Waals surface area contributed by atoms with Gasteiger partial charge in [0, 0.05) is 39.9 Å². The highest BCUT2D eigenvalue weighted by molar-refractivity contribution is 7.91. The molecule has 154 valence electrons. The lowest BCUT2D eigenvalue weighted by Gasteiger charge is -2.31. The van der Waals surface area contributed by atoms with Crippen LogP contribution >= 0.6 is 0 Å². The van der Waals surface area contributed by atoms with Gasteiger partial charge in [0.05, 0.1) is 29.9 Å². The summed E-state index contributed by atoms with van der Waals surface area (Å²) in [6.45, 7) is 8.17. The molecule has 0 N–H and O–H groups in total. The largest absolute Gasteiger partial charge is 0.381 e. The number of sulfone groups is 1. The Morgan fingerprint density at radius 1 is 1.30 bits per heavy atom. The Balaban J connectivity index is 1.76. The zero-order valence-corrected chi connectivity index (χ0v) is 17.6. The van der Waals surface area contributed by atoms with Crippen LogP contribution < -0.4 is 0 Å². The Morgan fingerprint density at radius 2 is 2.04 bits per heavy atom. The highest BCUT2D eigenvalue weighted by Gasteiger charge is 2.30. The molecule has 0 bridgehead atoms. The van der Waals surface area contributed by atoms with Crippen LogP contribution in [0.3, 0.4) is 0 Å². The van der Waals surface area contributed by atoms with Gasteiger partial charge >= 0.3 is 0 Å². The minimum Gasteiger partial charge on any atom is -0.381 e. The number of hydrogen-bond acceptors (Lipinski definition) is 6. The predicted molar refractivity (Wildman–Crippen MR) is 103 cm³/mol. The highest BCUT2D eigenvalue weighted by atomic mass is 32.2. The summed E-state index contributed by atoms with van der Waals surface area (Å²) in [5.41, 5.74) is 0.977. The summed E-state index contributed by atoms with van der Waals surface area (Å²) in [4.78, 5) is 6.71. The van der Waals surface area contributed by atoms with Crippen molar-refractivity contribution < 1.29 is 17.9 Å². The standard InChI is InChI=1S/C19H33N3O4S/c1-15(2)12-22-16(13-21-8-6-17(25-3)7-9-21)11-20-19(22)27(23,24)14-18-5-4-10-26-18/h11,15,17-18H,4-10,12-14H2,1-3H3. The number of methoxy groups -OCH3 is 1. The normalized spacial score (nSPS) is 22.7. The molecule has 1 aromatic rings. The van der Waals surface area contributed by atoms with Crippen molar-refractivity contribution >= 4 is 9.84 Å². The van der Waals surface area contributed by atoms with E-state index in [4.69, 9.17) is 9.47 Å². The molecule has 1 aromatic heterocycles. The molecule has 2 saturated heterocycles. The number of imidazole rings is 1. The van der Waals surface area contributed by atoms with Crippen molar-refractivity contribution in [1.29, 1.82) is 0 Å². The van der Waals surface area contributed by atoms with Crippen LogP contribution in [0.4, 0.5) is 0 Å². The molecule has 0 spiro atoms. The first-order chi connectivity index (χ1) is 12.9. The second-order valence-electron chi connectivity index (χ2n) is 8.16. The van der Waals surface area contributed by atoms with Crippen molar-refractivity contribution in [2.75, 3.05) is 32.6 Å². The first-order valence-electron chi connectivity index (χ1n) is 10.0. The van der Waals surface area contributed by atoms with E-state index >= 15 is 0 Å². The molecule has 1 atom stereocenters. The van der Waals surface area contributed by atoms with Gasteiger partial charge in [-0.15, -0.1) is 0 Å². The maximum absolute atomic E-state index is 13.0. The van der Waals surface area contributed by atoms with Crippen LogP contribution in [0.15, 0.2) is 11.4 Å². The van der Waals surface area contributed by atoms with Gasteiger partial charge in [-0.25, -0.2) is 13.4 Å². The van der Waals surface area contributed by atoms with E-state index in [1.807, 2.05) is 4.57 Å². The summed E-state index contributed by atoms with van der Waals surface area (Å²) >= 11 is 0. The van der Waals surface area contributed by atoms with E-state index in [0.29, 0.717) is 25.2 Å². The van der Waals surface area contributed by atoms with Gasteiger partial charge in [0.15, 0.2) is 0 Å². The van der Waals surface area contributed by atoms with E-state index in [0.717, 1.165) is 51.0 Å². The minimum absolute atomic E-state index is 0.0286. The van der Waals surface area contributed by atoms with Gasteiger partial charge < -0.3 is 14.0 Å². The third-order valence-corrected chi connectivity index (χ3v) is 7.10. The van der Waals surface area contributed by atoms with Crippen LogP contribution in [0.2, 0.25) is 0 Å². The lowest BCUT2D eigenvalue weighted by atomic mass is 10.1. The monoisotopic (exact) mass is 399 g/mol. The molecule has 2 aliphatic heterocycles. The number of hydrogen-bond donors (Lipinski definition) is 0. The van der Waals surface area contributed by atoms with E-state index in [9.17, 15) is 8.42 Å². The number of ether oxygens (including phenoxy) is 2. The average Bonchev–Trinajstić information content (AvgIpc) is 3.25. The summed E-state index contributed by atoms with van der Waals surface area (Å²) in [5.74, 6) is 0.370. The molecule has 0 radical (unpaired) electrons. The van der Waals surface area contributed by atoms with E-state index < -0.39 is 9.84 Å². The molecule has 3 heterocycles. The zero-order valence-electron chi connectivity index (χ0n) is 16.8. The lowest BCUT2D eigenvalue weighted by Crippen LogP contribution is -2.36. The number of rotatable bonds is 8. The lowest BCUT2D eigenvalue weighted by molar-refractivity contribution is 0.0381. The number of aromatic nitrogens is 2. The van der Waals surface area contributed by atoms with Crippen molar-refractivity contribution in [2.24, 2.45) is 5.92 Å². The van der Waals surface area contributed by atoms with Crippen LogP contribution in [0, 0.1) is 5.92 Å². The number of likely N-dealkylation sites (tertiary alicyclic amines) is 1. The third-order valence-electron chi connectivity index (χ3n) is 5.41. The van der Waals surface area contributed by atoms with Crippen LogP contribution in [-0.4, -0.2) is 67.6 Å². The van der Waals surface area contributed by atoms with Crippen LogP contribution in [0.5, 0.6) is 0 Å². The van der Waals surface area contributed by atoms with Crippen LogP contribution in [0.1, 0.15) is 45.2 Å². The van der Waals surface area contributed by atoms with Gasteiger partial charge in [-0.1, -0.05) is 13.8 Å². The van der Waals surface area contributed by atoms with Gasteiger partial charge in [-0.2, -0.15) is 0 Å². The Bertz CT molecular complexity index is 703. The Hall–Kier alpha value is -0.960. The molecule has 0 aromatic carbocycles. The van der Waals surface area contributed by atoms with E-state index in [1.165, 1.54) is 0 Å². The van der Waals surface area contributed by atoms with Crippen molar-refractivity contribution in [3.63, 3.8) is 0 Å². The predicted octanol–water partition coefficient (Wildman–Crippen LogP) is 2.10. The second kappa shape index (κ2) is 9.03. The molecule has 7 nitrogen and oxygen atoms in total. The first kappa shape index (κ1) is 20.8. The van der Waals surface area contributed by atoms with Gasteiger partial charge in [0.25, 0.3) is 0 Å². The van der Waals surface area contributed by atoms with Gasteiger partial charge in [0.2, 0.25) is 15.0 Å². The Kier molecular flexibility index (Phi) is 6.94. The van der Waals surface area contributed by atoms with Gasteiger partial charge in [-0.05, 0) is 31.6 Å². The quantitative estimate of drug-likeness (QED) is 0.667. The molecule has 8 heteroatoms. The number of piperidine rings is 1. The van der Waals surface area contributed by atoms with Crippen molar-refractivity contribution in [3.05, 3.63) is 11.9 Å². The summed E-state index contributed by atoms with van der Waals surface area (Å²) in [5, 5.41) is 0.202. The van der Waals surface area contributed by atoms with Crippen molar-refractivity contribution in [1.82, 2.24) is 14.5 Å². The number of nitrogens with zero attached hydrogens (tertiary/aromatic N) is 3. The van der Waals surface area contributed by atoms with Gasteiger partial charge in [0.1, 0.15) is 0 Å². The van der Waals surface area contributed by atoms with Crippen molar-refractivity contribution in [3.8, 4) is 0 Å². The van der Waals surface area contributed by atoms with E-state index in [2.05, 4.69) is 23.7 Å². The average molecular weight is 400 g/mol. The van der Waals surface area contributed by atoms with E-state index in [-0.39, 0.29) is 17.0 Å². The third kappa shape index (κ3) is 5.31. The molecule has 27 heavy (non-hydrogen) atoms. The maximum atomic E-state index is 13.0. The highest BCUT2D eigenvalue weighted by Crippen LogP contribution is 2.22. The Morgan fingerprint density at radius 3 is 2.63 bits per heavy atom. The molecule has 0 amide bonds. The fraction of sp³-hybridized carbons (Fsp3) is 0.842. The van der Waals surface area contributed by atoms with Crippen molar-refractivity contribution in [2.45, 2.75) is 70.0 Å². The van der Waals surface area contributed by atoms with Crippen LogP contribution in [-0.2, 0) is 32.4 Å². The molecule has 3 rings (SSSR count). The summed E-state index contributed by atoms with van der Waals surface area (Å²) < 4.78 is 38.9.